The zero-order valence-corrected chi connectivity index (χ0v) is 14.7. The van der Waals surface area contributed by atoms with Crippen LogP contribution in [0.3, 0.4) is 0 Å². The molecule has 4 nitrogen and oxygen atoms in total. The van der Waals surface area contributed by atoms with Crippen molar-refractivity contribution in [3.05, 3.63) is 48.0 Å². The van der Waals surface area contributed by atoms with Gasteiger partial charge in [-0.3, -0.25) is 4.79 Å². The summed E-state index contributed by atoms with van der Waals surface area (Å²) in [4.78, 5) is 10.6. The molecule has 2 aliphatic rings. The number of allylic oxidation sites excluding steroid dienone is 2. The van der Waals surface area contributed by atoms with E-state index in [9.17, 15) is 4.79 Å². The van der Waals surface area contributed by atoms with Gasteiger partial charge in [-0.25, -0.2) is 0 Å². The Balaban J connectivity index is 1.67. The van der Waals surface area contributed by atoms with Gasteiger partial charge in [0, 0.05) is 25.2 Å². The van der Waals surface area contributed by atoms with Gasteiger partial charge in [0.25, 0.3) is 0 Å². The maximum atomic E-state index is 10.6. The van der Waals surface area contributed by atoms with E-state index in [2.05, 4.69) is 30.3 Å². The van der Waals surface area contributed by atoms with Gasteiger partial charge >= 0.3 is 5.97 Å². The summed E-state index contributed by atoms with van der Waals surface area (Å²) in [6.07, 6.45) is 11.2. The summed E-state index contributed by atoms with van der Waals surface area (Å²) in [5, 5.41) is 8.72. The van der Waals surface area contributed by atoms with Crippen LogP contribution < -0.4 is 0 Å². The molecule has 0 amide bonds. The Labute approximate surface area is 149 Å². The highest BCUT2D eigenvalue weighted by atomic mass is 16.7. The normalized spacial score (nSPS) is 26.1. The van der Waals surface area contributed by atoms with Gasteiger partial charge in [-0.05, 0) is 31.2 Å². The predicted molar refractivity (Wildman–Crippen MR) is 96.2 cm³/mol. The molecule has 1 aliphatic heterocycles. The molecule has 1 saturated carbocycles. The zero-order chi connectivity index (χ0) is 17.5. The lowest BCUT2D eigenvalue weighted by Crippen LogP contribution is -2.46. The van der Waals surface area contributed by atoms with Crippen LogP contribution in [-0.4, -0.2) is 23.5 Å². The van der Waals surface area contributed by atoms with Crippen LogP contribution in [0.1, 0.15) is 63.0 Å². The van der Waals surface area contributed by atoms with Crippen molar-refractivity contribution in [2.45, 2.75) is 63.3 Å². The molecule has 2 atom stereocenters. The highest BCUT2D eigenvalue weighted by Crippen LogP contribution is 2.44. The topological polar surface area (TPSA) is 55.8 Å². The Morgan fingerprint density at radius 3 is 2.64 bits per heavy atom. The molecule has 136 valence electrons. The summed E-state index contributed by atoms with van der Waals surface area (Å²) in [6, 6.07) is 10.4. The van der Waals surface area contributed by atoms with Gasteiger partial charge in [-0.2, -0.15) is 0 Å². The molecule has 0 bridgehead atoms. The Kier molecular flexibility index (Phi) is 6.27. The van der Waals surface area contributed by atoms with E-state index in [1.165, 1.54) is 24.8 Å². The van der Waals surface area contributed by atoms with Crippen LogP contribution in [0.5, 0.6) is 0 Å². The second-order valence-electron chi connectivity index (χ2n) is 7.13. The number of benzene rings is 1. The summed E-state index contributed by atoms with van der Waals surface area (Å²) >= 11 is 0. The van der Waals surface area contributed by atoms with Crippen LogP contribution in [0, 0.1) is 5.92 Å². The molecule has 1 aliphatic carbocycles. The lowest BCUT2D eigenvalue weighted by Gasteiger charge is -2.46. The fraction of sp³-hybridized carbons (Fsp3) is 0.571. The summed E-state index contributed by atoms with van der Waals surface area (Å²) in [5.74, 6) is -0.895. The summed E-state index contributed by atoms with van der Waals surface area (Å²) in [5.41, 5.74) is 1.21. The zero-order valence-electron chi connectivity index (χ0n) is 14.7. The molecule has 4 heteroatoms. The number of ether oxygens (including phenoxy) is 2. The number of rotatable bonds is 6. The van der Waals surface area contributed by atoms with Crippen molar-refractivity contribution < 1.29 is 19.4 Å². The van der Waals surface area contributed by atoms with Crippen molar-refractivity contribution in [2.75, 3.05) is 6.61 Å². The molecular weight excluding hydrogens is 316 g/mol. The molecule has 1 heterocycles. The Morgan fingerprint density at radius 1 is 1.16 bits per heavy atom. The first-order chi connectivity index (χ1) is 12.2. The van der Waals surface area contributed by atoms with Gasteiger partial charge in [0.2, 0.25) is 0 Å². The number of hydrogen-bond donors (Lipinski definition) is 1. The summed E-state index contributed by atoms with van der Waals surface area (Å²) in [7, 11) is 0. The molecule has 1 spiro atoms. The van der Waals surface area contributed by atoms with Crippen LogP contribution in [0.25, 0.3) is 0 Å². The minimum atomic E-state index is -0.754. The van der Waals surface area contributed by atoms with Gasteiger partial charge in [-0.15, -0.1) is 0 Å². The first-order valence-corrected chi connectivity index (χ1v) is 9.42. The second kappa shape index (κ2) is 8.63. The van der Waals surface area contributed by atoms with Crippen molar-refractivity contribution in [1.82, 2.24) is 0 Å². The number of carboxylic acids is 1. The van der Waals surface area contributed by atoms with Crippen molar-refractivity contribution in [3.63, 3.8) is 0 Å². The van der Waals surface area contributed by atoms with Crippen LogP contribution >= 0.6 is 0 Å². The molecular formula is C21H28O4. The van der Waals surface area contributed by atoms with Crippen LogP contribution in [-0.2, 0) is 14.3 Å². The highest BCUT2D eigenvalue weighted by Gasteiger charge is 2.43. The Morgan fingerprint density at radius 2 is 1.92 bits per heavy atom. The molecule has 25 heavy (non-hydrogen) atoms. The van der Waals surface area contributed by atoms with Crippen molar-refractivity contribution in [1.29, 1.82) is 0 Å². The van der Waals surface area contributed by atoms with E-state index >= 15 is 0 Å². The Hall–Kier alpha value is -1.65. The minimum Gasteiger partial charge on any atom is -0.481 e. The molecule has 0 radical (unpaired) electrons. The van der Waals surface area contributed by atoms with Crippen LogP contribution in [0.4, 0.5) is 0 Å². The first kappa shape index (κ1) is 18.2. The lowest BCUT2D eigenvalue weighted by molar-refractivity contribution is -0.324. The molecule has 2 unspecified atom stereocenters. The number of carbonyl (C=O) groups is 1. The molecule has 2 fully saturated rings. The fourth-order valence-electron chi connectivity index (χ4n) is 3.83. The fourth-order valence-corrected chi connectivity index (χ4v) is 3.83. The van der Waals surface area contributed by atoms with Gasteiger partial charge in [0.1, 0.15) is 0 Å². The van der Waals surface area contributed by atoms with Gasteiger partial charge < -0.3 is 14.6 Å². The smallest absolute Gasteiger partial charge is 0.303 e. The van der Waals surface area contributed by atoms with Crippen molar-refractivity contribution in [2.24, 2.45) is 5.92 Å². The number of carboxylic acid groups (broad SMARTS) is 1. The van der Waals surface area contributed by atoms with E-state index in [-0.39, 0.29) is 18.4 Å². The maximum absolute atomic E-state index is 10.6. The monoisotopic (exact) mass is 344 g/mol. The number of aliphatic carboxylic acids is 1. The van der Waals surface area contributed by atoms with E-state index in [1.807, 2.05) is 12.1 Å². The Bertz CT molecular complexity index is 575. The lowest BCUT2D eigenvalue weighted by atomic mass is 9.87. The second-order valence-corrected chi connectivity index (χ2v) is 7.13. The van der Waals surface area contributed by atoms with Gasteiger partial charge in [-0.1, -0.05) is 48.9 Å². The van der Waals surface area contributed by atoms with E-state index in [0.29, 0.717) is 13.0 Å². The van der Waals surface area contributed by atoms with Crippen molar-refractivity contribution in [3.8, 4) is 0 Å². The first-order valence-electron chi connectivity index (χ1n) is 9.42. The SMILES string of the molecule is O=C(O)CC/C=C\CC1COC2(CCCCC2)OC1c1ccccc1. The third kappa shape index (κ3) is 4.93. The van der Waals surface area contributed by atoms with Gasteiger partial charge in [0.15, 0.2) is 5.79 Å². The molecule has 3 rings (SSSR count). The molecule has 1 aromatic carbocycles. The van der Waals surface area contributed by atoms with Crippen LogP contribution in [0.2, 0.25) is 0 Å². The molecule has 0 aromatic heterocycles. The van der Waals surface area contributed by atoms with E-state index in [0.717, 1.165) is 19.3 Å². The quantitative estimate of drug-likeness (QED) is 0.749. The molecule has 1 aromatic rings. The minimum absolute atomic E-state index is 0.0390. The maximum Gasteiger partial charge on any atom is 0.303 e. The largest absolute Gasteiger partial charge is 0.481 e. The van der Waals surface area contributed by atoms with Crippen molar-refractivity contribution >= 4 is 5.97 Å². The average Bonchev–Trinajstić information content (AvgIpc) is 2.64. The summed E-state index contributed by atoms with van der Waals surface area (Å²) < 4.78 is 12.8. The summed E-state index contributed by atoms with van der Waals surface area (Å²) in [6.45, 7) is 0.697. The van der Waals surface area contributed by atoms with Gasteiger partial charge in [0.05, 0.1) is 12.7 Å². The van der Waals surface area contributed by atoms with E-state index in [1.54, 1.807) is 0 Å². The molecule has 1 saturated heterocycles. The number of hydrogen-bond acceptors (Lipinski definition) is 3. The highest BCUT2D eigenvalue weighted by molar-refractivity contribution is 5.66. The van der Waals surface area contributed by atoms with E-state index < -0.39 is 11.8 Å². The third-order valence-electron chi connectivity index (χ3n) is 5.20. The standard InChI is InChI=1S/C21H28O4/c22-19(23)13-7-2-6-12-18-16-24-21(14-8-3-9-15-21)25-20(18)17-10-4-1-5-11-17/h1-2,4-6,10-11,18,20H,3,7-9,12-16H2,(H,22,23)/b6-2-. The third-order valence-corrected chi connectivity index (χ3v) is 5.20. The van der Waals surface area contributed by atoms with E-state index in [4.69, 9.17) is 14.6 Å². The average molecular weight is 344 g/mol. The van der Waals surface area contributed by atoms with Crippen LogP contribution in [0.15, 0.2) is 42.5 Å². The predicted octanol–water partition coefficient (Wildman–Crippen LogP) is 4.86. The molecule has 1 N–H and O–H groups in total.